The second-order valence-electron chi connectivity index (χ2n) is 6.70. The van der Waals surface area contributed by atoms with Crippen LogP contribution in [0.1, 0.15) is 51.3 Å². The highest BCUT2D eigenvalue weighted by Crippen LogP contribution is 2.35. The van der Waals surface area contributed by atoms with Crippen LogP contribution >= 0.6 is 0 Å². The summed E-state index contributed by atoms with van der Waals surface area (Å²) in [6, 6.07) is 10.2. The van der Waals surface area contributed by atoms with Gasteiger partial charge in [-0.3, -0.25) is 4.79 Å². The van der Waals surface area contributed by atoms with E-state index in [1.54, 1.807) is 37.4 Å². The molecule has 0 spiro atoms. The van der Waals surface area contributed by atoms with E-state index in [0.717, 1.165) is 0 Å². The standard InChI is InChI=1S/C22H19NO4/c1-22(2)10-9-16-12-15(13-18(21(25)26)19(16)27-22)8-7-14-5-4-6-17(11-14)20(24)23-3/h4-6,9-13H,1-3H3,(H,23,24)(H,25,26). The first-order chi connectivity index (χ1) is 12.8. The van der Waals surface area contributed by atoms with Gasteiger partial charge in [-0.25, -0.2) is 4.79 Å². The van der Waals surface area contributed by atoms with Crippen molar-refractivity contribution in [3.63, 3.8) is 0 Å². The van der Waals surface area contributed by atoms with E-state index in [1.165, 1.54) is 6.07 Å². The number of carboxylic acid groups (broad SMARTS) is 1. The molecular formula is C22H19NO4. The molecule has 5 nitrogen and oxygen atoms in total. The number of nitrogens with one attached hydrogen (secondary N) is 1. The first-order valence-electron chi connectivity index (χ1n) is 8.43. The van der Waals surface area contributed by atoms with Gasteiger partial charge in [-0.2, -0.15) is 0 Å². The number of aromatic carboxylic acids is 1. The molecule has 1 aliphatic rings. The van der Waals surface area contributed by atoms with E-state index >= 15 is 0 Å². The fourth-order valence-electron chi connectivity index (χ4n) is 2.73. The number of rotatable bonds is 2. The van der Waals surface area contributed by atoms with Gasteiger partial charge in [0.05, 0.1) is 0 Å². The van der Waals surface area contributed by atoms with Crippen molar-refractivity contribution in [1.82, 2.24) is 5.32 Å². The molecule has 136 valence electrons. The average Bonchev–Trinajstić information content (AvgIpc) is 2.64. The minimum absolute atomic E-state index is 0.0772. The highest BCUT2D eigenvalue weighted by atomic mass is 16.5. The molecule has 0 aromatic heterocycles. The summed E-state index contributed by atoms with van der Waals surface area (Å²) in [6.07, 6.45) is 3.73. The molecular weight excluding hydrogens is 342 g/mol. The lowest BCUT2D eigenvalue weighted by Crippen LogP contribution is -2.28. The zero-order valence-electron chi connectivity index (χ0n) is 15.3. The van der Waals surface area contributed by atoms with E-state index < -0.39 is 11.6 Å². The van der Waals surface area contributed by atoms with Gasteiger partial charge in [0.15, 0.2) is 0 Å². The number of amides is 1. The van der Waals surface area contributed by atoms with Crippen LogP contribution in [-0.2, 0) is 0 Å². The number of carbonyl (C=O) groups is 2. The second-order valence-corrected chi connectivity index (χ2v) is 6.70. The second kappa shape index (κ2) is 7.00. The Hall–Kier alpha value is -3.52. The Bertz CT molecular complexity index is 1020. The summed E-state index contributed by atoms with van der Waals surface area (Å²) in [6.45, 7) is 3.73. The molecule has 0 saturated carbocycles. The minimum Gasteiger partial charge on any atom is -0.482 e. The molecule has 0 unspecified atom stereocenters. The van der Waals surface area contributed by atoms with Crippen LogP contribution < -0.4 is 10.1 Å². The molecule has 1 aliphatic heterocycles. The molecule has 3 rings (SSSR count). The molecule has 1 heterocycles. The molecule has 5 heteroatoms. The lowest BCUT2D eigenvalue weighted by Gasteiger charge is -2.28. The van der Waals surface area contributed by atoms with Crippen LogP contribution in [0.15, 0.2) is 42.5 Å². The lowest BCUT2D eigenvalue weighted by molar-refractivity contribution is 0.0684. The van der Waals surface area contributed by atoms with Crippen LogP contribution in [0.25, 0.3) is 6.08 Å². The predicted octanol–water partition coefficient (Wildman–Crippen LogP) is 3.33. The van der Waals surface area contributed by atoms with Crippen LogP contribution in [0.3, 0.4) is 0 Å². The van der Waals surface area contributed by atoms with Crippen molar-refractivity contribution in [2.24, 2.45) is 0 Å². The Labute approximate surface area is 157 Å². The van der Waals surface area contributed by atoms with Crippen molar-refractivity contribution in [2.75, 3.05) is 7.05 Å². The first-order valence-corrected chi connectivity index (χ1v) is 8.43. The van der Waals surface area contributed by atoms with Gasteiger partial charge in [0.25, 0.3) is 5.91 Å². The van der Waals surface area contributed by atoms with Crippen molar-refractivity contribution in [2.45, 2.75) is 19.4 Å². The third-order valence-corrected chi connectivity index (χ3v) is 4.08. The molecule has 0 fully saturated rings. The van der Waals surface area contributed by atoms with Gasteiger partial charge in [0.1, 0.15) is 16.9 Å². The van der Waals surface area contributed by atoms with Gasteiger partial charge in [-0.15, -0.1) is 0 Å². The average molecular weight is 361 g/mol. The Kier molecular flexibility index (Phi) is 4.74. The first kappa shape index (κ1) is 18.3. The third kappa shape index (κ3) is 4.01. The SMILES string of the molecule is CNC(=O)c1cccc(C#Cc2cc3c(c(C(=O)O)c2)OC(C)(C)C=C3)c1. The molecule has 2 aromatic carbocycles. The fraction of sp³-hybridized carbons (Fsp3) is 0.182. The van der Waals surface area contributed by atoms with E-state index in [1.807, 2.05) is 26.0 Å². The largest absolute Gasteiger partial charge is 0.482 e. The summed E-state index contributed by atoms with van der Waals surface area (Å²) in [5, 5.41) is 12.1. The molecule has 0 bridgehead atoms. The fourth-order valence-corrected chi connectivity index (χ4v) is 2.73. The maximum Gasteiger partial charge on any atom is 0.339 e. The van der Waals surface area contributed by atoms with Gasteiger partial charge in [-0.1, -0.05) is 24.0 Å². The van der Waals surface area contributed by atoms with E-state index in [9.17, 15) is 14.7 Å². The van der Waals surface area contributed by atoms with Gasteiger partial charge < -0.3 is 15.2 Å². The molecule has 2 N–H and O–H groups in total. The van der Waals surface area contributed by atoms with Crippen molar-refractivity contribution in [3.05, 3.63) is 70.3 Å². The summed E-state index contributed by atoms with van der Waals surface area (Å²) in [5.74, 6) is 5.05. The maximum absolute atomic E-state index is 11.7. The Morgan fingerprint density at radius 2 is 1.85 bits per heavy atom. The number of carbonyl (C=O) groups excluding carboxylic acids is 1. The van der Waals surface area contributed by atoms with Gasteiger partial charge in [0.2, 0.25) is 0 Å². The van der Waals surface area contributed by atoms with E-state index in [2.05, 4.69) is 17.2 Å². The van der Waals surface area contributed by atoms with E-state index in [-0.39, 0.29) is 11.5 Å². The van der Waals surface area contributed by atoms with Crippen LogP contribution in [0.2, 0.25) is 0 Å². The quantitative estimate of drug-likeness (QED) is 0.805. The monoisotopic (exact) mass is 361 g/mol. The Balaban J connectivity index is 2.01. The van der Waals surface area contributed by atoms with E-state index in [4.69, 9.17) is 4.74 Å². The van der Waals surface area contributed by atoms with Gasteiger partial charge in [0, 0.05) is 29.3 Å². The van der Waals surface area contributed by atoms with E-state index in [0.29, 0.717) is 28.0 Å². The zero-order chi connectivity index (χ0) is 19.6. The third-order valence-electron chi connectivity index (χ3n) is 4.08. The predicted molar refractivity (Wildman–Crippen MR) is 103 cm³/mol. The van der Waals surface area contributed by atoms with Crippen LogP contribution in [0, 0.1) is 11.8 Å². The van der Waals surface area contributed by atoms with Crippen LogP contribution in [0.4, 0.5) is 0 Å². The van der Waals surface area contributed by atoms with Gasteiger partial charge >= 0.3 is 5.97 Å². The molecule has 0 radical (unpaired) electrons. The summed E-state index contributed by atoms with van der Waals surface area (Å²) in [4.78, 5) is 23.4. The van der Waals surface area contributed by atoms with Crippen molar-refractivity contribution < 1.29 is 19.4 Å². The summed E-state index contributed by atoms with van der Waals surface area (Å²) in [5.41, 5.74) is 1.93. The molecule has 2 aromatic rings. The molecule has 0 atom stereocenters. The summed E-state index contributed by atoms with van der Waals surface area (Å²) < 4.78 is 5.82. The minimum atomic E-state index is -1.07. The van der Waals surface area contributed by atoms with Crippen LogP contribution in [0.5, 0.6) is 5.75 Å². The lowest BCUT2D eigenvalue weighted by atomic mass is 9.97. The maximum atomic E-state index is 11.7. The Morgan fingerprint density at radius 1 is 1.11 bits per heavy atom. The van der Waals surface area contributed by atoms with Gasteiger partial charge in [-0.05, 0) is 50.3 Å². The topological polar surface area (TPSA) is 75.6 Å². The van der Waals surface area contributed by atoms with Crippen molar-refractivity contribution in [3.8, 4) is 17.6 Å². The highest BCUT2D eigenvalue weighted by molar-refractivity contribution is 5.94. The number of ether oxygens (including phenoxy) is 1. The number of carboxylic acids is 1. The number of hydrogen-bond donors (Lipinski definition) is 2. The summed E-state index contributed by atoms with van der Waals surface area (Å²) >= 11 is 0. The molecule has 1 amide bonds. The van der Waals surface area contributed by atoms with Crippen LogP contribution in [-0.4, -0.2) is 29.6 Å². The zero-order valence-corrected chi connectivity index (χ0v) is 15.3. The number of fused-ring (bicyclic) bond motifs is 1. The normalized spacial score (nSPS) is 13.6. The van der Waals surface area contributed by atoms with Crippen molar-refractivity contribution in [1.29, 1.82) is 0 Å². The van der Waals surface area contributed by atoms with Crippen molar-refractivity contribution >= 4 is 18.0 Å². The number of benzene rings is 2. The Morgan fingerprint density at radius 3 is 2.56 bits per heavy atom. The molecule has 0 saturated heterocycles. The molecule has 0 aliphatic carbocycles. The summed E-state index contributed by atoms with van der Waals surface area (Å²) in [7, 11) is 1.57. The smallest absolute Gasteiger partial charge is 0.339 e. The molecule has 27 heavy (non-hydrogen) atoms. The number of hydrogen-bond acceptors (Lipinski definition) is 3. The highest BCUT2D eigenvalue weighted by Gasteiger charge is 2.26.